The number of benzene rings is 2. The third kappa shape index (κ3) is 6.94. The summed E-state index contributed by atoms with van der Waals surface area (Å²) in [6.07, 6.45) is 1.45. The minimum Gasteiger partial charge on any atom is -0.497 e. The van der Waals surface area contributed by atoms with Crippen LogP contribution in [0.2, 0.25) is 0 Å². The summed E-state index contributed by atoms with van der Waals surface area (Å²) < 4.78 is 15.8. The minimum atomic E-state index is -0.700. The number of hydrogen-bond donors (Lipinski definition) is 2. The molecule has 0 bridgehead atoms. The Bertz CT molecular complexity index is 1300. The van der Waals surface area contributed by atoms with Crippen LogP contribution < -0.4 is 20.2 Å². The van der Waals surface area contributed by atoms with E-state index in [4.69, 9.17) is 14.2 Å². The largest absolute Gasteiger partial charge is 0.497 e. The second-order valence-corrected chi connectivity index (χ2v) is 11.1. The van der Waals surface area contributed by atoms with Crippen LogP contribution in [-0.2, 0) is 27.3 Å². The van der Waals surface area contributed by atoms with Crippen molar-refractivity contribution in [3.8, 4) is 11.5 Å². The first-order chi connectivity index (χ1) is 18.6. The minimum absolute atomic E-state index is 0.173. The van der Waals surface area contributed by atoms with E-state index in [-0.39, 0.29) is 17.6 Å². The monoisotopic (exact) mass is 551 g/mol. The predicted octanol–water partition coefficient (Wildman–Crippen LogP) is 4.35. The van der Waals surface area contributed by atoms with Gasteiger partial charge in [-0.3, -0.25) is 14.6 Å². The predicted molar refractivity (Wildman–Crippen MR) is 149 cm³/mol. The van der Waals surface area contributed by atoms with Gasteiger partial charge in [-0.25, -0.2) is 10.2 Å². The molecule has 2 aromatic carbocycles. The highest BCUT2D eigenvalue weighted by Gasteiger charge is 2.40. The number of ketones is 1. The molecule has 1 heterocycles. The van der Waals surface area contributed by atoms with E-state index in [1.807, 2.05) is 48.5 Å². The summed E-state index contributed by atoms with van der Waals surface area (Å²) in [5, 5.41) is 4.44. The van der Waals surface area contributed by atoms with Crippen LogP contribution in [0.25, 0.3) is 0 Å². The van der Waals surface area contributed by atoms with Crippen molar-refractivity contribution in [3.63, 3.8) is 0 Å². The van der Waals surface area contributed by atoms with Gasteiger partial charge in [0.2, 0.25) is 0 Å². The number of carbonyl (C=O) groups is 3. The van der Waals surface area contributed by atoms with Crippen molar-refractivity contribution in [3.05, 3.63) is 81.9 Å². The van der Waals surface area contributed by atoms with E-state index < -0.39 is 17.6 Å². The van der Waals surface area contributed by atoms with Gasteiger partial charge in [0.15, 0.2) is 5.78 Å². The van der Waals surface area contributed by atoms with Gasteiger partial charge in [0.1, 0.15) is 22.8 Å². The van der Waals surface area contributed by atoms with Gasteiger partial charge in [-0.05, 0) is 62.6 Å². The first-order valence-corrected chi connectivity index (χ1v) is 13.5. The molecule has 9 nitrogen and oxygen atoms in total. The Balaban J connectivity index is 1.58. The number of Topliss-reactive ketones (excluding diaryl/α,β-unsaturated/α-hetero) is 1. The zero-order valence-electron chi connectivity index (χ0n) is 22.7. The lowest BCUT2D eigenvalue weighted by atomic mass is 9.86. The van der Waals surface area contributed by atoms with E-state index >= 15 is 0 Å². The average molecular weight is 552 g/mol. The van der Waals surface area contributed by atoms with Crippen molar-refractivity contribution in [1.29, 1.82) is 0 Å². The molecule has 1 aliphatic heterocycles. The second-order valence-electron chi connectivity index (χ2n) is 10.1. The summed E-state index contributed by atoms with van der Waals surface area (Å²) >= 11 is 1.33. The summed E-state index contributed by atoms with van der Waals surface area (Å²) in [4.78, 5) is 40.2. The number of nitrogens with one attached hydrogen (secondary N) is 2. The fourth-order valence-electron chi connectivity index (χ4n) is 4.23. The molecule has 4 rings (SSSR count). The quantitative estimate of drug-likeness (QED) is 0.499. The first-order valence-electron chi connectivity index (χ1n) is 12.5. The maximum absolute atomic E-state index is 13.7. The van der Waals surface area contributed by atoms with Crippen LogP contribution in [0.4, 0.5) is 4.79 Å². The molecule has 1 unspecified atom stereocenters. The highest BCUT2D eigenvalue weighted by atomic mass is 32.2. The molecule has 206 valence electrons. The van der Waals surface area contributed by atoms with Crippen LogP contribution in [-0.4, -0.2) is 48.5 Å². The third-order valence-corrected chi connectivity index (χ3v) is 7.19. The summed E-state index contributed by atoms with van der Waals surface area (Å²) in [5.74, 6) is 0.655. The molecule has 39 heavy (non-hydrogen) atoms. The van der Waals surface area contributed by atoms with Crippen molar-refractivity contribution >= 4 is 29.5 Å². The van der Waals surface area contributed by atoms with Crippen LogP contribution >= 0.6 is 11.8 Å². The van der Waals surface area contributed by atoms with E-state index in [9.17, 15) is 14.4 Å². The molecule has 0 aromatic heterocycles. The standard InChI is InChI=1S/C29H33N3O6S/c1-29(2,3)38-28(35)31-32-17-39-26-23(27(34)30-16-19-8-12-22(37-5)13-9-19)15-20(25(33)24(26)32)14-18-6-10-21(36-4)11-7-18/h6-13,15,20H,14,16-17H2,1-5H3,(H,30,34)(H,31,35). The van der Waals surface area contributed by atoms with Gasteiger partial charge in [-0.15, -0.1) is 0 Å². The number of nitrogens with zero attached hydrogens (tertiary/aromatic N) is 1. The van der Waals surface area contributed by atoms with Crippen LogP contribution in [0.1, 0.15) is 31.9 Å². The van der Waals surface area contributed by atoms with Crippen LogP contribution in [0.5, 0.6) is 11.5 Å². The fraction of sp³-hybridized carbons (Fsp3) is 0.345. The van der Waals surface area contributed by atoms with Crippen molar-refractivity contribution < 1.29 is 28.6 Å². The zero-order valence-corrected chi connectivity index (χ0v) is 23.5. The molecular weight excluding hydrogens is 518 g/mol. The van der Waals surface area contributed by atoms with Gasteiger partial charge in [0.05, 0.1) is 30.6 Å². The molecule has 1 atom stereocenters. The Morgan fingerprint density at radius 3 is 2.13 bits per heavy atom. The smallest absolute Gasteiger partial charge is 0.426 e. The average Bonchev–Trinajstić information content (AvgIpc) is 3.32. The summed E-state index contributed by atoms with van der Waals surface area (Å²) in [6.45, 7) is 5.60. The molecule has 2 amide bonds. The molecule has 0 fully saturated rings. The van der Waals surface area contributed by atoms with Gasteiger partial charge in [-0.1, -0.05) is 42.1 Å². The maximum atomic E-state index is 13.7. The zero-order chi connectivity index (χ0) is 28.2. The molecule has 10 heteroatoms. The highest BCUT2D eigenvalue weighted by Crippen LogP contribution is 2.42. The molecule has 0 saturated heterocycles. The van der Waals surface area contributed by atoms with E-state index in [0.29, 0.717) is 34.9 Å². The number of thioether (sulfide) groups is 1. The van der Waals surface area contributed by atoms with Crippen LogP contribution in [0.15, 0.2) is 70.8 Å². The van der Waals surface area contributed by atoms with Gasteiger partial charge >= 0.3 is 6.09 Å². The Morgan fingerprint density at radius 1 is 0.974 bits per heavy atom. The number of hydrogen-bond acceptors (Lipinski definition) is 8. The summed E-state index contributed by atoms with van der Waals surface area (Å²) in [6, 6.07) is 14.9. The Labute approximate surface area is 232 Å². The topological polar surface area (TPSA) is 106 Å². The number of rotatable bonds is 8. The third-order valence-electron chi connectivity index (χ3n) is 6.10. The molecule has 0 spiro atoms. The normalized spacial score (nSPS) is 16.8. The number of hydrazine groups is 1. The number of allylic oxidation sites excluding steroid dienone is 2. The van der Waals surface area contributed by atoms with Gasteiger partial charge < -0.3 is 19.5 Å². The Hall–Kier alpha value is -3.92. The molecule has 1 aliphatic carbocycles. The summed E-state index contributed by atoms with van der Waals surface area (Å²) in [5.41, 5.74) is 4.51. The molecule has 2 aliphatic rings. The number of carbonyl (C=O) groups excluding carboxylic acids is 3. The number of amides is 2. The van der Waals surface area contributed by atoms with E-state index in [0.717, 1.165) is 16.9 Å². The molecule has 2 N–H and O–H groups in total. The Kier molecular flexibility index (Phi) is 8.54. The molecule has 0 radical (unpaired) electrons. The van der Waals surface area contributed by atoms with Gasteiger partial charge in [0, 0.05) is 12.5 Å². The van der Waals surface area contributed by atoms with E-state index in [2.05, 4.69) is 10.7 Å². The lowest BCUT2D eigenvalue weighted by Gasteiger charge is -2.28. The van der Waals surface area contributed by atoms with Crippen LogP contribution in [0, 0.1) is 5.92 Å². The lowest BCUT2D eigenvalue weighted by Crippen LogP contribution is -2.45. The molecule has 0 saturated carbocycles. The van der Waals surface area contributed by atoms with Gasteiger partial charge in [0.25, 0.3) is 5.91 Å². The highest BCUT2D eigenvalue weighted by molar-refractivity contribution is 8.03. The number of ether oxygens (including phenoxy) is 3. The van der Waals surface area contributed by atoms with Gasteiger partial charge in [-0.2, -0.15) is 0 Å². The van der Waals surface area contributed by atoms with E-state index in [1.165, 1.54) is 16.8 Å². The van der Waals surface area contributed by atoms with Crippen molar-refractivity contribution in [2.24, 2.45) is 5.92 Å². The first kappa shape index (κ1) is 28.1. The molecule has 2 aromatic rings. The second kappa shape index (κ2) is 11.9. The van der Waals surface area contributed by atoms with Crippen molar-refractivity contribution in [2.75, 3.05) is 20.1 Å². The van der Waals surface area contributed by atoms with E-state index in [1.54, 1.807) is 41.1 Å². The fourth-order valence-corrected chi connectivity index (χ4v) is 5.34. The Morgan fingerprint density at radius 2 is 1.56 bits per heavy atom. The lowest BCUT2D eigenvalue weighted by molar-refractivity contribution is -0.119. The molecular formula is C29H33N3O6S. The number of methoxy groups -OCH3 is 2. The maximum Gasteiger partial charge on any atom is 0.426 e. The van der Waals surface area contributed by atoms with Crippen LogP contribution in [0.3, 0.4) is 0 Å². The van der Waals surface area contributed by atoms with Crippen molar-refractivity contribution in [2.45, 2.75) is 39.3 Å². The van der Waals surface area contributed by atoms with Crippen molar-refractivity contribution in [1.82, 2.24) is 15.8 Å². The summed E-state index contributed by atoms with van der Waals surface area (Å²) in [7, 11) is 3.19. The SMILES string of the molecule is COc1ccc(CNC(=O)C2=CC(Cc3ccc(OC)cc3)C(=O)C3=C2SCN3NC(=O)OC(C)(C)C)cc1.